The van der Waals surface area contributed by atoms with Gasteiger partial charge in [-0.15, -0.1) is 11.8 Å². The molecular formula is C10H18N4OS3. The molecule has 0 spiro atoms. The van der Waals surface area contributed by atoms with Gasteiger partial charge in [-0.1, -0.05) is 36.0 Å². The van der Waals surface area contributed by atoms with E-state index in [9.17, 15) is 4.79 Å². The van der Waals surface area contributed by atoms with Crippen molar-refractivity contribution in [3.63, 3.8) is 0 Å². The summed E-state index contributed by atoms with van der Waals surface area (Å²) >= 11 is 8.15. The number of hydrogen-bond acceptors (Lipinski definition) is 5. The van der Waals surface area contributed by atoms with Crippen molar-refractivity contribution >= 4 is 45.2 Å². The molecule has 0 unspecified atom stereocenters. The molecule has 0 aliphatic rings. The monoisotopic (exact) mass is 306 g/mol. The first-order valence-electron chi connectivity index (χ1n) is 5.59. The van der Waals surface area contributed by atoms with Gasteiger partial charge in [0.05, 0.1) is 4.75 Å². The normalized spacial score (nSPS) is 10.6. The summed E-state index contributed by atoms with van der Waals surface area (Å²) < 4.78 is 0.212. The van der Waals surface area contributed by atoms with E-state index >= 15 is 0 Å². The zero-order valence-corrected chi connectivity index (χ0v) is 13.3. The van der Waals surface area contributed by atoms with Gasteiger partial charge in [0, 0.05) is 18.0 Å². The fourth-order valence-electron chi connectivity index (χ4n) is 1.01. The molecular weight excluding hydrogens is 288 g/mol. The summed E-state index contributed by atoms with van der Waals surface area (Å²) in [6.07, 6.45) is 0.644. The SMILES string of the molecule is CCSC(=S)SC(C)(C)C(=O)NCCCN=[N+]=[N-]. The van der Waals surface area contributed by atoms with E-state index in [0.717, 1.165) is 9.28 Å². The molecule has 0 aliphatic carbocycles. The number of thioether (sulfide) groups is 2. The van der Waals surface area contributed by atoms with Crippen molar-refractivity contribution in [2.24, 2.45) is 5.11 Å². The predicted octanol–water partition coefficient (Wildman–Crippen LogP) is 3.35. The van der Waals surface area contributed by atoms with Crippen LogP contribution in [0.5, 0.6) is 0 Å². The third-order valence-corrected chi connectivity index (χ3v) is 4.53. The highest BCUT2D eigenvalue weighted by Crippen LogP contribution is 2.30. The summed E-state index contributed by atoms with van der Waals surface area (Å²) in [7, 11) is 0. The number of nitrogens with zero attached hydrogens (tertiary/aromatic N) is 3. The molecule has 5 nitrogen and oxygen atoms in total. The molecule has 0 saturated heterocycles. The molecule has 1 amide bonds. The Morgan fingerprint density at radius 3 is 2.78 bits per heavy atom. The molecule has 0 fully saturated rings. The Kier molecular flexibility index (Phi) is 9.27. The van der Waals surface area contributed by atoms with Gasteiger partial charge in [-0.2, -0.15) is 0 Å². The average Bonchev–Trinajstić information content (AvgIpc) is 2.28. The van der Waals surface area contributed by atoms with Crippen LogP contribution in [-0.4, -0.2) is 33.0 Å². The number of hydrogen-bond donors (Lipinski definition) is 1. The summed E-state index contributed by atoms with van der Waals surface area (Å²) in [6.45, 7) is 6.64. The van der Waals surface area contributed by atoms with Crippen LogP contribution >= 0.6 is 35.7 Å². The third-order valence-electron chi connectivity index (χ3n) is 1.93. The Morgan fingerprint density at radius 2 is 2.22 bits per heavy atom. The Balaban J connectivity index is 4.05. The van der Waals surface area contributed by atoms with Crippen LogP contribution in [-0.2, 0) is 4.79 Å². The second-order valence-corrected chi connectivity index (χ2v) is 7.95. The lowest BCUT2D eigenvalue weighted by Gasteiger charge is -2.22. The van der Waals surface area contributed by atoms with Crippen LogP contribution in [0.4, 0.5) is 0 Å². The predicted molar refractivity (Wildman–Crippen MR) is 84.0 cm³/mol. The average molecular weight is 306 g/mol. The number of carbonyl (C=O) groups excluding carboxylic acids is 1. The molecule has 0 atom stereocenters. The first-order chi connectivity index (χ1) is 8.44. The molecule has 0 aliphatic heterocycles. The summed E-state index contributed by atoms with van der Waals surface area (Å²) in [5.74, 6) is 0.864. The van der Waals surface area contributed by atoms with E-state index in [2.05, 4.69) is 15.3 Å². The largest absolute Gasteiger partial charge is 0.355 e. The van der Waals surface area contributed by atoms with Gasteiger partial charge in [-0.25, -0.2) is 0 Å². The van der Waals surface area contributed by atoms with E-state index in [1.807, 2.05) is 20.8 Å². The summed E-state index contributed by atoms with van der Waals surface area (Å²) in [4.78, 5) is 14.6. The Morgan fingerprint density at radius 1 is 1.56 bits per heavy atom. The van der Waals surface area contributed by atoms with E-state index < -0.39 is 4.75 Å². The van der Waals surface area contributed by atoms with Crippen LogP contribution in [0, 0.1) is 0 Å². The van der Waals surface area contributed by atoms with Crippen molar-refractivity contribution in [2.45, 2.75) is 31.9 Å². The van der Waals surface area contributed by atoms with Crippen molar-refractivity contribution in [1.29, 1.82) is 0 Å². The Hall–Kier alpha value is -0.430. The molecule has 0 rings (SSSR count). The molecule has 0 aromatic heterocycles. The lowest BCUT2D eigenvalue weighted by atomic mass is 10.2. The van der Waals surface area contributed by atoms with Gasteiger partial charge in [0.25, 0.3) is 0 Å². The lowest BCUT2D eigenvalue weighted by Crippen LogP contribution is -2.40. The molecule has 18 heavy (non-hydrogen) atoms. The summed E-state index contributed by atoms with van der Waals surface area (Å²) in [6, 6.07) is 0. The van der Waals surface area contributed by atoms with E-state index in [4.69, 9.17) is 17.7 Å². The van der Waals surface area contributed by atoms with Gasteiger partial charge in [0.15, 0.2) is 0 Å². The smallest absolute Gasteiger partial charge is 0.236 e. The first kappa shape index (κ1) is 17.6. The molecule has 0 radical (unpaired) electrons. The number of thiocarbonyl (C=S) groups is 1. The summed E-state index contributed by atoms with van der Waals surface area (Å²) in [5.41, 5.74) is 8.10. The van der Waals surface area contributed by atoms with E-state index in [-0.39, 0.29) is 5.91 Å². The van der Waals surface area contributed by atoms with Gasteiger partial charge >= 0.3 is 0 Å². The molecule has 0 saturated carbocycles. The Labute approximate surface area is 121 Å². The fourth-order valence-corrected chi connectivity index (χ4v) is 4.02. The highest BCUT2D eigenvalue weighted by molar-refractivity contribution is 8.47. The first-order valence-corrected chi connectivity index (χ1v) is 7.80. The topological polar surface area (TPSA) is 77.9 Å². The van der Waals surface area contributed by atoms with E-state index in [0.29, 0.717) is 19.5 Å². The Bertz CT molecular complexity index is 340. The van der Waals surface area contributed by atoms with E-state index in [1.165, 1.54) is 11.8 Å². The number of nitrogens with one attached hydrogen (secondary N) is 1. The zero-order chi connectivity index (χ0) is 14.0. The second kappa shape index (κ2) is 9.49. The van der Waals surface area contributed by atoms with Gasteiger partial charge < -0.3 is 5.32 Å². The molecule has 0 heterocycles. The maximum atomic E-state index is 11.9. The maximum absolute atomic E-state index is 11.9. The van der Waals surface area contributed by atoms with Gasteiger partial charge in [0.1, 0.15) is 3.53 Å². The molecule has 1 N–H and O–H groups in total. The minimum Gasteiger partial charge on any atom is -0.355 e. The van der Waals surface area contributed by atoms with Crippen LogP contribution in [0.15, 0.2) is 5.11 Å². The quantitative estimate of drug-likeness (QED) is 0.257. The number of carbonyl (C=O) groups is 1. The fraction of sp³-hybridized carbons (Fsp3) is 0.800. The van der Waals surface area contributed by atoms with Crippen LogP contribution in [0.3, 0.4) is 0 Å². The molecule has 8 heteroatoms. The highest BCUT2D eigenvalue weighted by atomic mass is 32.2. The van der Waals surface area contributed by atoms with Gasteiger partial charge in [-0.05, 0) is 31.6 Å². The highest BCUT2D eigenvalue weighted by Gasteiger charge is 2.29. The third kappa shape index (κ3) is 7.81. The van der Waals surface area contributed by atoms with Crippen LogP contribution < -0.4 is 5.32 Å². The van der Waals surface area contributed by atoms with Crippen molar-refractivity contribution in [1.82, 2.24) is 5.32 Å². The maximum Gasteiger partial charge on any atom is 0.236 e. The van der Waals surface area contributed by atoms with Crippen molar-refractivity contribution in [2.75, 3.05) is 18.8 Å². The van der Waals surface area contributed by atoms with E-state index in [1.54, 1.807) is 11.8 Å². The molecule has 0 aromatic carbocycles. The number of amides is 1. The molecule has 0 bridgehead atoms. The van der Waals surface area contributed by atoms with Crippen molar-refractivity contribution < 1.29 is 4.79 Å². The molecule has 0 aromatic rings. The van der Waals surface area contributed by atoms with Crippen LogP contribution in [0.25, 0.3) is 10.4 Å². The van der Waals surface area contributed by atoms with Crippen LogP contribution in [0.2, 0.25) is 0 Å². The van der Waals surface area contributed by atoms with Crippen molar-refractivity contribution in [3.05, 3.63) is 10.4 Å². The van der Waals surface area contributed by atoms with Crippen LogP contribution in [0.1, 0.15) is 27.2 Å². The standard InChI is InChI=1S/C10H18N4OS3/c1-4-17-9(16)18-10(2,3)8(15)12-6-5-7-13-14-11/h4-7H2,1-3H3,(H,12,15). The van der Waals surface area contributed by atoms with Gasteiger partial charge in [0.2, 0.25) is 5.91 Å². The van der Waals surface area contributed by atoms with Crippen molar-refractivity contribution in [3.8, 4) is 0 Å². The summed E-state index contributed by atoms with van der Waals surface area (Å²) in [5, 5.41) is 6.22. The minimum atomic E-state index is -0.572. The molecule has 102 valence electrons. The lowest BCUT2D eigenvalue weighted by molar-refractivity contribution is -0.122. The minimum absolute atomic E-state index is 0.0486. The van der Waals surface area contributed by atoms with Gasteiger partial charge in [-0.3, -0.25) is 4.79 Å². The number of rotatable bonds is 7. The second-order valence-electron chi connectivity index (χ2n) is 3.86. The number of azide groups is 1. The zero-order valence-electron chi connectivity index (χ0n) is 10.8.